The Morgan fingerprint density at radius 2 is 1.92 bits per heavy atom. The van der Waals surface area contributed by atoms with Gasteiger partial charge in [0.25, 0.3) is 10.0 Å². The van der Waals surface area contributed by atoms with Crippen LogP contribution in [0.4, 0.5) is 14.5 Å². The molecule has 0 aromatic heterocycles. The molecule has 126 valence electrons. The van der Waals surface area contributed by atoms with Crippen molar-refractivity contribution < 1.29 is 31.8 Å². The predicted molar refractivity (Wildman–Crippen MR) is 79.8 cm³/mol. The Kier molecular flexibility index (Phi) is 3.88. The zero-order valence-electron chi connectivity index (χ0n) is 12.0. The number of rotatable bonds is 4. The van der Waals surface area contributed by atoms with E-state index in [0.29, 0.717) is 36.5 Å². The fraction of sp³-hybridized carbons (Fsp3) is 0.133. The Morgan fingerprint density at radius 3 is 2.62 bits per heavy atom. The van der Waals surface area contributed by atoms with Crippen molar-refractivity contribution in [3.05, 3.63) is 53.1 Å². The molecule has 9 heteroatoms. The number of halogens is 2. The minimum atomic E-state index is -4.17. The summed E-state index contributed by atoms with van der Waals surface area (Å²) >= 11 is 0. The van der Waals surface area contributed by atoms with Crippen molar-refractivity contribution in [2.24, 2.45) is 0 Å². The Labute approximate surface area is 135 Å². The van der Waals surface area contributed by atoms with Crippen molar-refractivity contribution in [3.8, 4) is 5.75 Å². The van der Waals surface area contributed by atoms with Crippen LogP contribution in [0.5, 0.6) is 5.75 Å². The summed E-state index contributed by atoms with van der Waals surface area (Å²) in [6.07, 6.45) is 0.548. The maximum Gasteiger partial charge on any atom is 0.338 e. The fourth-order valence-electron chi connectivity index (χ4n) is 2.32. The van der Waals surface area contributed by atoms with Crippen LogP contribution in [0.15, 0.2) is 35.2 Å². The van der Waals surface area contributed by atoms with Crippen molar-refractivity contribution >= 4 is 21.7 Å². The molecule has 0 saturated carbocycles. The molecule has 1 heterocycles. The monoisotopic (exact) mass is 355 g/mol. The summed E-state index contributed by atoms with van der Waals surface area (Å²) in [5, 5.41) is 8.85. The Morgan fingerprint density at radius 1 is 1.17 bits per heavy atom. The van der Waals surface area contributed by atoms with Crippen molar-refractivity contribution in [2.45, 2.75) is 11.3 Å². The third kappa shape index (κ3) is 2.90. The van der Waals surface area contributed by atoms with E-state index in [0.717, 1.165) is 0 Å². The van der Waals surface area contributed by atoms with Crippen LogP contribution in [0, 0.1) is 11.6 Å². The highest BCUT2D eigenvalue weighted by molar-refractivity contribution is 7.92. The number of hydrogen-bond acceptors (Lipinski definition) is 4. The number of hydrogen-bond donors (Lipinski definition) is 2. The number of aromatic carboxylic acids is 1. The lowest BCUT2D eigenvalue weighted by Gasteiger charge is -2.11. The number of nitrogens with one attached hydrogen (secondary N) is 1. The summed E-state index contributed by atoms with van der Waals surface area (Å²) in [6.45, 7) is 0.445. The lowest BCUT2D eigenvalue weighted by molar-refractivity contribution is 0.0692. The lowest BCUT2D eigenvalue weighted by atomic mass is 10.2. The van der Waals surface area contributed by atoms with Gasteiger partial charge in [-0.05, 0) is 29.8 Å². The Balaban J connectivity index is 1.98. The molecule has 0 atom stereocenters. The highest BCUT2D eigenvalue weighted by Gasteiger charge is 2.22. The van der Waals surface area contributed by atoms with Crippen molar-refractivity contribution in [1.29, 1.82) is 0 Å². The summed E-state index contributed by atoms with van der Waals surface area (Å²) in [4.78, 5) is 10.8. The summed E-state index contributed by atoms with van der Waals surface area (Å²) in [5.74, 6) is -3.57. The zero-order chi connectivity index (χ0) is 17.5. The first-order valence-corrected chi connectivity index (χ1v) is 8.27. The molecule has 0 bridgehead atoms. The molecular weight excluding hydrogens is 344 g/mol. The van der Waals surface area contributed by atoms with Crippen LogP contribution >= 0.6 is 0 Å². The van der Waals surface area contributed by atoms with Gasteiger partial charge in [0.1, 0.15) is 17.4 Å². The second-order valence-electron chi connectivity index (χ2n) is 5.09. The second kappa shape index (κ2) is 5.75. The van der Waals surface area contributed by atoms with Crippen LogP contribution in [0.25, 0.3) is 0 Å². The van der Waals surface area contributed by atoms with Crippen LogP contribution in [-0.4, -0.2) is 26.1 Å². The third-order valence-corrected chi connectivity index (χ3v) is 4.87. The normalized spacial score (nSPS) is 13.2. The first-order chi connectivity index (χ1) is 11.3. The molecular formula is C15H11F2NO5S. The van der Waals surface area contributed by atoms with Gasteiger partial charge < -0.3 is 9.84 Å². The van der Waals surface area contributed by atoms with Gasteiger partial charge in [-0.2, -0.15) is 0 Å². The van der Waals surface area contributed by atoms with Crippen LogP contribution < -0.4 is 9.46 Å². The number of ether oxygens (including phenoxy) is 1. The van der Waals surface area contributed by atoms with Crippen molar-refractivity contribution in [2.75, 3.05) is 11.3 Å². The summed E-state index contributed by atoms with van der Waals surface area (Å²) in [5.41, 5.74) is -0.786. The summed E-state index contributed by atoms with van der Waals surface area (Å²) < 4.78 is 59.1. The smallest absolute Gasteiger partial charge is 0.338 e. The number of anilines is 1. The van der Waals surface area contributed by atoms with Gasteiger partial charge in [-0.3, -0.25) is 4.72 Å². The maximum atomic E-state index is 13.8. The number of carboxylic acids is 1. The van der Waals surface area contributed by atoms with E-state index in [1.165, 1.54) is 18.2 Å². The third-order valence-electron chi connectivity index (χ3n) is 3.50. The van der Waals surface area contributed by atoms with Gasteiger partial charge in [-0.1, -0.05) is 0 Å². The topological polar surface area (TPSA) is 92.7 Å². The molecule has 2 N–H and O–H groups in total. The number of carboxylic acid groups (broad SMARTS) is 1. The van der Waals surface area contributed by atoms with Gasteiger partial charge in [0.2, 0.25) is 0 Å². The standard InChI is InChI=1S/C15H11F2NO5S/c16-11-7-12(17)13(6-10(11)15(19)20)18-24(21,22)9-1-2-14-8(5-9)3-4-23-14/h1-2,5-7,18H,3-4H2,(H,19,20). The molecule has 0 amide bonds. The first kappa shape index (κ1) is 16.2. The number of fused-ring (bicyclic) bond motifs is 1. The van der Waals surface area contributed by atoms with E-state index in [9.17, 15) is 22.0 Å². The van der Waals surface area contributed by atoms with Crippen molar-refractivity contribution in [1.82, 2.24) is 0 Å². The van der Waals surface area contributed by atoms with Gasteiger partial charge in [0.05, 0.1) is 22.8 Å². The highest BCUT2D eigenvalue weighted by Crippen LogP contribution is 2.29. The Bertz CT molecular complexity index is 943. The van der Waals surface area contributed by atoms with E-state index in [4.69, 9.17) is 9.84 Å². The minimum absolute atomic E-state index is 0.132. The molecule has 2 aromatic carbocycles. The molecule has 3 rings (SSSR count). The van der Waals surface area contributed by atoms with Gasteiger partial charge in [-0.15, -0.1) is 0 Å². The number of benzene rings is 2. The molecule has 0 saturated heterocycles. The average molecular weight is 355 g/mol. The molecule has 0 spiro atoms. The molecule has 0 fully saturated rings. The second-order valence-corrected chi connectivity index (χ2v) is 6.77. The predicted octanol–water partition coefficient (Wildman–Crippen LogP) is 2.40. The minimum Gasteiger partial charge on any atom is -0.493 e. The molecule has 24 heavy (non-hydrogen) atoms. The largest absolute Gasteiger partial charge is 0.493 e. The van der Waals surface area contributed by atoms with Crippen LogP contribution in [0.3, 0.4) is 0 Å². The SMILES string of the molecule is O=C(O)c1cc(NS(=O)(=O)c2ccc3c(c2)CCO3)c(F)cc1F. The quantitative estimate of drug-likeness (QED) is 0.879. The van der Waals surface area contributed by atoms with Crippen LogP contribution in [0.2, 0.25) is 0 Å². The molecule has 6 nitrogen and oxygen atoms in total. The van der Waals surface area contributed by atoms with Gasteiger partial charge in [0, 0.05) is 12.5 Å². The number of carbonyl (C=O) groups is 1. The molecule has 2 aromatic rings. The molecule has 0 unspecified atom stereocenters. The van der Waals surface area contributed by atoms with E-state index < -0.39 is 38.9 Å². The first-order valence-electron chi connectivity index (χ1n) is 6.79. The van der Waals surface area contributed by atoms with Gasteiger partial charge in [-0.25, -0.2) is 22.0 Å². The zero-order valence-corrected chi connectivity index (χ0v) is 12.9. The molecule has 0 aliphatic carbocycles. The molecule has 1 aliphatic heterocycles. The van der Waals surface area contributed by atoms with Gasteiger partial charge >= 0.3 is 5.97 Å². The summed E-state index contributed by atoms with van der Waals surface area (Å²) in [7, 11) is -4.17. The van der Waals surface area contributed by atoms with Crippen LogP contribution in [0.1, 0.15) is 15.9 Å². The molecule has 1 aliphatic rings. The van der Waals surface area contributed by atoms with Crippen molar-refractivity contribution in [3.63, 3.8) is 0 Å². The lowest BCUT2D eigenvalue weighted by Crippen LogP contribution is -2.15. The van der Waals surface area contributed by atoms with Crippen LogP contribution in [-0.2, 0) is 16.4 Å². The van der Waals surface area contributed by atoms with E-state index in [1.807, 2.05) is 4.72 Å². The number of sulfonamides is 1. The highest BCUT2D eigenvalue weighted by atomic mass is 32.2. The average Bonchev–Trinajstić information content (AvgIpc) is 2.97. The van der Waals surface area contributed by atoms with E-state index in [2.05, 4.69) is 0 Å². The maximum absolute atomic E-state index is 13.8. The molecule has 0 radical (unpaired) electrons. The van der Waals surface area contributed by atoms with E-state index in [-0.39, 0.29) is 4.90 Å². The van der Waals surface area contributed by atoms with Gasteiger partial charge in [0.15, 0.2) is 0 Å². The Hall–Kier alpha value is -2.68. The van der Waals surface area contributed by atoms with E-state index in [1.54, 1.807) is 0 Å². The van der Waals surface area contributed by atoms with E-state index >= 15 is 0 Å². The fourth-order valence-corrected chi connectivity index (χ4v) is 3.43. The summed E-state index contributed by atoms with van der Waals surface area (Å²) in [6, 6.07) is 5.08.